The maximum Gasteiger partial charge on any atom is 0.159 e. The highest BCUT2D eigenvalue weighted by Gasteiger charge is 2.12. The predicted molar refractivity (Wildman–Crippen MR) is 80.6 cm³/mol. The van der Waals surface area contributed by atoms with Crippen molar-refractivity contribution < 1.29 is 13.5 Å². The number of nitrogens with one attached hydrogen (secondary N) is 1. The standard InChI is InChI=1S/C17H19F2NO/c1-11(2)21-17-7-5-4-6-16(17)20-12(3)13-8-9-14(18)15(19)10-13/h4-12,20H,1-3H3. The Morgan fingerprint density at radius 2 is 1.67 bits per heavy atom. The van der Waals surface area contributed by atoms with E-state index in [1.165, 1.54) is 6.07 Å². The third-order valence-electron chi connectivity index (χ3n) is 3.07. The van der Waals surface area contributed by atoms with Crippen LogP contribution in [0.1, 0.15) is 32.4 Å². The Hall–Kier alpha value is -2.10. The number of anilines is 1. The van der Waals surface area contributed by atoms with Gasteiger partial charge in [0.2, 0.25) is 0 Å². The van der Waals surface area contributed by atoms with Crippen LogP contribution in [0.2, 0.25) is 0 Å². The summed E-state index contributed by atoms with van der Waals surface area (Å²) in [4.78, 5) is 0. The average molecular weight is 291 g/mol. The monoisotopic (exact) mass is 291 g/mol. The third-order valence-corrected chi connectivity index (χ3v) is 3.07. The summed E-state index contributed by atoms with van der Waals surface area (Å²) < 4.78 is 32.0. The summed E-state index contributed by atoms with van der Waals surface area (Å²) in [5, 5.41) is 3.26. The van der Waals surface area contributed by atoms with Gasteiger partial charge in [0.05, 0.1) is 11.8 Å². The van der Waals surface area contributed by atoms with Crippen molar-refractivity contribution in [1.29, 1.82) is 0 Å². The van der Waals surface area contributed by atoms with Crippen LogP contribution < -0.4 is 10.1 Å². The van der Waals surface area contributed by atoms with E-state index < -0.39 is 11.6 Å². The van der Waals surface area contributed by atoms with Crippen molar-refractivity contribution in [1.82, 2.24) is 0 Å². The number of halogens is 2. The van der Waals surface area contributed by atoms with Crippen molar-refractivity contribution in [2.75, 3.05) is 5.32 Å². The first-order valence-corrected chi connectivity index (χ1v) is 6.94. The minimum atomic E-state index is -0.840. The molecule has 0 aromatic heterocycles. The van der Waals surface area contributed by atoms with Gasteiger partial charge in [-0.3, -0.25) is 0 Å². The van der Waals surface area contributed by atoms with Crippen LogP contribution in [0, 0.1) is 11.6 Å². The molecule has 1 N–H and O–H groups in total. The molecule has 0 aliphatic rings. The fourth-order valence-corrected chi connectivity index (χ4v) is 2.04. The van der Waals surface area contributed by atoms with Crippen LogP contribution >= 0.6 is 0 Å². The highest BCUT2D eigenvalue weighted by molar-refractivity contribution is 5.57. The number of para-hydroxylation sites is 2. The molecule has 2 nitrogen and oxygen atoms in total. The molecule has 0 aliphatic heterocycles. The first kappa shape index (κ1) is 15.3. The highest BCUT2D eigenvalue weighted by Crippen LogP contribution is 2.29. The summed E-state index contributed by atoms with van der Waals surface area (Å²) in [7, 11) is 0. The van der Waals surface area contributed by atoms with E-state index >= 15 is 0 Å². The molecule has 2 aromatic carbocycles. The van der Waals surface area contributed by atoms with Gasteiger partial charge in [0.25, 0.3) is 0 Å². The van der Waals surface area contributed by atoms with E-state index in [4.69, 9.17) is 4.74 Å². The number of ether oxygens (including phenoxy) is 1. The maximum absolute atomic E-state index is 13.3. The lowest BCUT2D eigenvalue weighted by Gasteiger charge is -2.20. The van der Waals surface area contributed by atoms with Gasteiger partial charge in [-0.1, -0.05) is 18.2 Å². The normalized spacial score (nSPS) is 12.3. The molecule has 4 heteroatoms. The van der Waals surface area contributed by atoms with Crippen molar-refractivity contribution in [2.24, 2.45) is 0 Å². The van der Waals surface area contributed by atoms with Crippen LogP contribution in [0.15, 0.2) is 42.5 Å². The summed E-state index contributed by atoms with van der Waals surface area (Å²) >= 11 is 0. The first-order chi connectivity index (χ1) is 9.97. The van der Waals surface area contributed by atoms with Gasteiger partial charge in [-0.05, 0) is 50.6 Å². The molecule has 2 aromatic rings. The molecular weight excluding hydrogens is 272 g/mol. The zero-order valence-corrected chi connectivity index (χ0v) is 12.4. The number of benzene rings is 2. The second kappa shape index (κ2) is 6.57. The summed E-state index contributed by atoms with van der Waals surface area (Å²) in [5.41, 5.74) is 1.50. The predicted octanol–water partition coefficient (Wildman–Crippen LogP) is 4.93. The fraction of sp³-hybridized carbons (Fsp3) is 0.294. The number of hydrogen-bond donors (Lipinski definition) is 1. The van der Waals surface area contributed by atoms with Crippen molar-refractivity contribution >= 4 is 5.69 Å². The first-order valence-electron chi connectivity index (χ1n) is 6.94. The Kier molecular flexibility index (Phi) is 4.78. The van der Waals surface area contributed by atoms with Gasteiger partial charge < -0.3 is 10.1 Å². The summed E-state index contributed by atoms with van der Waals surface area (Å²) in [6, 6.07) is 11.3. The minimum Gasteiger partial charge on any atom is -0.489 e. The van der Waals surface area contributed by atoms with E-state index in [1.54, 1.807) is 6.07 Å². The summed E-state index contributed by atoms with van der Waals surface area (Å²) in [6.07, 6.45) is 0.0616. The van der Waals surface area contributed by atoms with Gasteiger partial charge >= 0.3 is 0 Å². The van der Waals surface area contributed by atoms with Crippen molar-refractivity contribution in [2.45, 2.75) is 32.9 Å². The molecule has 0 spiro atoms. The van der Waals surface area contributed by atoms with Gasteiger partial charge in [0, 0.05) is 6.04 Å². The SMILES string of the molecule is CC(C)Oc1ccccc1NC(C)c1ccc(F)c(F)c1. The Bertz CT molecular complexity index is 613. The molecule has 0 aliphatic carbocycles. The summed E-state index contributed by atoms with van der Waals surface area (Å²) in [6.45, 7) is 5.80. The minimum absolute atomic E-state index is 0.0616. The van der Waals surface area contributed by atoms with E-state index in [0.717, 1.165) is 17.5 Å². The lowest BCUT2D eigenvalue weighted by molar-refractivity contribution is 0.243. The third kappa shape index (κ3) is 3.94. The molecule has 0 radical (unpaired) electrons. The molecule has 1 unspecified atom stereocenters. The number of rotatable bonds is 5. The molecule has 1 atom stereocenters. The van der Waals surface area contributed by atoms with Gasteiger partial charge in [0.15, 0.2) is 11.6 Å². The van der Waals surface area contributed by atoms with Crippen LogP contribution in [-0.2, 0) is 0 Å². The zero-order valence-electron chi connectivity index (χ0n) is 12.4. The Labute approximate surface area is 123 Å². The van der Waals surface area contributed by atoms with Crippen LogP contribution in [0.3, 0.4) is 0 Å². The smallest absolute Gasteiger partial charge is 0.159 e. The van der Waals surface area contributed by atoms with E-state index in [9.17, 15) is 8.78 Å². The van der Waals surface area contributed by atoms with Crippen LogP contribution in [0.5, 0.6) is 5.75 Å². The lowest BCUT2D eigenvalue weighted by atomic mass is 10.1. The second-order valence-electron chi connectivity index (χ2n) is 5.20. The largest absolute Gasteiger partial charge is 0.489 e. The highest BCUT2D eigenvalue weighted by atomic mass is 19.2. The molecule has 0 fully saturated rings. The van der Waals surface area contributed by atoms with Crippen LogP contribution in [-0.4, -0.2) is 6.10 Å². The summed E-state index contributed by atoms with van der Waals surface area (Å²) in [5.74, 6) is -0.940. The number of hydrogen-bond acceptors (Lipinski definition) is 2. The average Bonchev–Trinajstić information content (AvgIpc) is 2.43. The van der Waals surface area contributed by atoms with E-state index in [-0.39, 0.29) is 12.1 Å². The van der Waals surface area contributed by atoms with Gasteiger partial charge in [0.1, 0.15) is 5.75 Å². The quantitative estimate of drug-likeness (QED) is 0.843. The van der Waals surface area contributed by atoms with E-state index in [2.05, 4.69) is 5.32 Å². The van der Waals surface area contributed by atoms with Crippen molar-refractivity contribution in [3.05, 3.63) is 59.7 Å². The van der Waals surface area contributed by atoms with E-state index in [1.807, 2.05) is 45.0 Å². The maximum atomic E-state index is 13.3. The van der Waals surface area contributed by atoms with Crippen molar-refractivity contribution in [3.8, 4) is 5.75 Å². The van der Waals surface area contributed by atoms with Crippen LogP contribution in [0.25, 0.3) is 0 Å². The Balaban J connectivity index is 2.19. The van der Waals surface area contributed by atoms with Gasteiger partial charge in [-0.2, -0.15) is 0 Å². The second-order valence-corrected chi connectivity index (χ2v) is 5.20. The molecule has 0 saturated carbocycles. The fourth-order valence-electron chi connectivity index (χ4n) is 2.04. The van der Waals surface area contributed by atoms with E-state index in [0.29, 0.717) is 5.56 Å². The molecule has 0 saturated heterocycles. The van der Waals surface area contributed by atoms with Gasteiger partial charge in [-0.15, -0.1) is 0 Å². The van der Waals surface area contributed by atoms with Gasteiger partial charge in [-0.25, -0.2) is 8.78 Å². The molecular formula is C17H19F2NO. The molecule has 21 heavy (non-hydrogen) atoms. The molecule has 2 rings (SSSR count). The molecule has 0 bridgehead atoms. The Morgan fingerprint density at radius 3 is 2.33 bits per heavy atom. The Morgan fingerprint density at radius 1 is 0.952 bits per heavy atom. The zero-order chi connectivity index (χ0) is 15.4. The lowest BCUT2D eigenvalue weighted by Crippen LogP contribution is -2.11. The topological polar surface area (TPSA) is 21.3 Å². The van der Waals surface area contributed by atoms with Crippen LogP contribution in [0.4, 0.5) is 14.5 Å². The molecule has 112 valence electrons. The van der Waals surface area contributed by atoms with Crippen molar-refractivity contribution in [3.63, 3.8) is 0 Å². The molecule has 0 amide bonds. The molecule has 0 heterocycles.